The van der Waals surface area contributed by atoms with Crippen molar-refractivity contribution >= 4 is 40.9 Å². The molecule has 11 nitrogen and oxygen atoms in total. The van der Waals surface area contributed by atoms with Crippen molar-refractivity contribution in [3.63, 3.8) is 0 Å². The highest BCUT2D eigenvalue weighted by Crippen LogP contribution is 2.36. The molecule has 48 heavy (non-hydrogen) atoms. The first-order valence-electron chi connectivity index (χ1n) is 17.1. The van der Waals surface area contributed by atoms with Crippen LogP contribution >= 0.6 is 11.3 Å². The number of hydrogen-bond donors (Lipinski definition) is 2. The van der Waals surface area contributed by atoms with Gasteiger partial charge in [-0.2, -0.15) is 0 Å². The van der Waals surface area contributed by atoms with Gasteiger partial charge in [0.05, 0.1) is 17.8 Å². The molecule has 1 aliphatic rings. The number of likely N-dealkylation sites (N-methyl/N-ethyl adjacent to an activating group) is 1. The van der Waals surface area contributed by atoms with Crippen molar-refractivity contribution in [3.05, 3.63) is 40.6 Å². The lowest BCUT2D eigenvalue weighted by Gasteiger charge is -2.27. The van der Waals surface area contributed by atoms with E-state index in [-0.39, 0.29) is 35.0 Å². The minimum absolute atomic E-state index is 0.211. The Kier molecular flexibility index (Phi) is 17.2. The Morgan fingerprint density at radius 2 is 1.67 bits per heavy atom. The monoisotopic (exact) mass is 688 g/mol. The number of Topliss-reactive ketones (excluding diaryl/α,β-unsaturated/α-hetero) is 1. The summed E-state index contributed by atoms with van der Waals surface area (Å²) in [4.78, 5) is 67.8. The van der Waals surface area contributed by atoms with E-state index in [1.165, 1.54) is 24.9 Å². The molecule has 1 aliphatic carbocycles. The van der Waals surface area contributed by atoms with Crippen LogP contribution in [0, 0.1) is 5.92 Å². The Morgan fingerprint density at radius 3 is 2.35 bits per heavy atom. The molecule has 12 heteroatoms. The van der Waals surface area contributed by atoms with E-state index in [1.807, 2.05) is 39.6 Å². The van der Waals surface area contributed by atoms with Gasteiger partial charge in [-0.15, -0.1) is 11.3 Å². The van der Waals surface area contributed by atoms with Crippen LogP contribution in [0.25, 0.3) is 0 Å². The van der Waals surface area contributed by atoms with E-state index in [1.54, 1.807) is 5.38 Å². The molecule has 1 aromatic heterocycles. The number of nitrogens with zero attached hydrogens (tertiary/aromatic N) is 2. The molecule has 268 valence electrons. The normalized spacial score (nSPS) is 17.4. The maximum Gasteiger partial charge on any atom is 0.353 e. The van der Waals surface area contributed by atoms with Gasteiger partial charge in [0, 0.05) is 24.1 Å². The number of ether oxygens (including phenoxy) is 2. The second kappa shape index (κ2) is 20.2. The van der Waals surface area contributed by atoms with Crippen LogP contribution in [0.3, 0.4) is 0 Å². The lowest BCUT2D eigenvalue weighted by molar-refractivity contribution is -0.160. The number of hydrogen-bond acceptors (Lipinski definition) is 10. The van der Waals surface area contributed by atoms with Crippen LogP contribution in [-0.2, 0) is 28.7 Å². The summed E-state index contributed by atoms with van der Waals surface area (Å²) in [6.07, 6.45) is 12.4. The quantitative estimate of drug-likeness (QED) is 0.105. The van der Waals surface area contributed by atoms with Gasteiger partial charge in [0.1, 0.15) is 28.8 Å². The van der Waals surface area contributed by atoms with Crippen LogP contribution in [-0.4, -0.2) is 71.8 Å². The minimum atomic E-state index is -0.794. The number of carbonyl (C=O) groups excluding carboxylic acids is 5. The highest BCUT2D eigenvalue weighted by Gasteiger charge is 2.25. The summed E-state index contributed by atoms with van der Waals surface area (Å²) in [5.74, 6) is -1.15. The first kappa shape index (κ1) is 40.8. The first-order chi connectivity index (χ1) is 22.6. The van der Waals surface area contributed by atoms with Crippen molar-refractivity contribution < 1.29 is 33.4 Å². The molecule has 2 amide bonds. The van der Waals surface area contributed by atoms with Crippen molar-refractivity contribution in [2.75, 3.05) is 20.7 Å². The third-order valence-electron chi connectivity index (χ3n) is 8.62. The molecule has 0 spiro atoms. The summed E-state index contributed by atoms with van der Waals surface area (Å²) in [5, 5.41) is 7.27. The molecule has 2 N–H and O–H groups in total. The molecule has 0 bridgehead atoms. The second-order valence-electron chi connectivity index (χ2n) is 13.8. The molecule has 0 radical (unpaired) electrons. The Labute approximate surface area is 290 Å². The van der Waals surface area contributed by atoms with Crippen LogP contribution in [0.4, 0.5) is 0 Å². The van der Waals surface area contributed by atoms with Crippen molar-refractivity contribution in [2.45, 2.75) is 129 Å². The number of rotatable bonds is 18. The smallest absolute Gasteiger partial charge is 0.353 e. The van der Waals surface area contributed by atoms with Gasteiger partial charge < -0.3 is 20.1 Å². The van der Waals surface area contributed by atoms with Crippen LogP contribution in [0.5, 0.6) is 0 Å². The number of unbranched alkanes of at least 4 members (excludes halogenated alkanes) is 2. The molecule has 2 rings (SSSR count). The maximum atomic E-state index is 12.7. The Balaban J connectivity index is 1.69. The number of esters is 2. The Bertz CT molecular complexity index is 1290. The van der Waals surface area contributed by atoms with E-state index in [9.17, 15) is 24.0 Å². The van der Waals surface area contributed by atoms with E-state index < -0.39 is 23.4 Å². The minimum Gasteiger partial charge on any atom is -0.464 e. The fourth-order valence-electron chi connectivity index (χ4n) is 5.64. The second-order valence-corrected chi connectivity index (χ2v) is 14.7. The summed E-state index contributed by atoms with van der Waals surface area (Å²) < 4.78 is 9.97. The van der Waals surface area contributed by atoms with E-state index in [0.717, 1.165) is 75.8 Å². The van der Waals surface area contributed by atoms with Gasteiger partial charge in [-0.3, -0.25) is 24.1 Å². The van der Waals surface area contributed by atoms with Crippen LogP contribution in [0.2, 0.25) is 0 Å². The predicted molar refractivity (Wildman–Crippen MR) is 187 cm³/mol. The van der Waals surface area contributed by atoms with Gasteiger partial charge in [0.15, 0.2) is 0 Å². The van der Waals surface area contributed by atoms with Crippen LogP contribution in [0.15, 0.2) is 29.9 Å². The third kappa shape index (κ3) is 14.8. The van der Waals surface area contributed by atoms with E-state index in [4.69, 9.17) is 4.74 Å². The zero-order chi connectivity index (χ0) is 35.9. The van der Waals surface area contributed by atoms with E-state index in [2.05, 4.69) is 33.5 Å². The average molecular weight is 689 g/mol. The van der Waals surface area contributed by atoms with Gasteiger partial charge in [0.25, 0.3) is 11.8 Å². The lowest BCUT2D eigenvalue weighted by Crippen LogP contribution is -2.40. The van der Waals surface area contributed by atoms with Crippen molar-refractivity contribution in [2.24, 2.45) is 5.92 Å². The number of nitrogens with one attached hydrogen (secondary N) is 2. The summed E-state index contributed by atoms with van der Waals surface area (Å²) in [6.45, 7) is 15.3. The summed E-state index contributed by atoms with van der Waals surface area (Å²) in [6, 6.07) is -0.296. The van der Waals surface area contributed by atoms with Crippen LogP contribution < -0.4 is 10.6 Å². The molecule has 0 aliphatic heterocycles. The van der Waals surface area contributed by atoms with Crippen molar-refractivity contribution in [1.82, 2.24) is 20.5 Å². The number of aromatic nitrogens is 1. The molecule has 1 fully saturated rings. The number of amides is 2. The van der Waals surface area contributed by atoms with Crippen molar-refractivity contribution in [3.8, 4) is 0 Å². The SMILES string of the molecule is C=C(NC(=O)c1csc(C2CCCCC(CCCC(=O)CCCCCN(C)C(C)C(=O)OC(C)(C)C)CC2)n1)C(=O)NC(=C)C(=O)OC. The molecule has 0 aromatic carbocycles. The third-order valence-corrected chi connectivity index (χ3v) is 9.63. The number of carbonyl (C=O) groups is 5. The number of thiazole rings is 1. The van der Waals surface area contributed by atoms with Gasteiger partial charge in [-0.05, 0) is 85.7 Å². The summed E-state index contributed by atoms with van der Waals surface area (Å²) in [7, 11) is 3.10. The molecule has 0 saturated heterocycles. The van der Waals surface area contributed by atoms with E-state index >= 15 is 0 Å². The zero-order valence-corrected chi connectivity index (χ0v) is 30.6. The van der Waals surface area contributed by atoms with Gasteiger partial charge >= 0.3 is 11.9 Å². The largest absolute Gasteiger partial charge is 0.464 e. The van der Waals surface area contributed by atoms with Crippen molar-refractivity contribution in [1.29, 1.82) is 0 Å². The standard InChI is InChI=1S/C36H56N4O7S/c1-24(31(42)38-25(2)34(44)46-8)37-32(43)30-23-48-33(39-30)28-17-12-11-15-27(20-21-28)16-14-19-29(41)18-10-9-13-22-40(7)26(3)35(45)47-36(4,5)6/h23,26-28H,1-2,9-22H2,3-8H3,(H,37,43)(H,38,42). The fraction of sp³-hybridized carbons (Fsp3) is 0.667. The Hall–Kier alpha value is -3.38. The molecular formula is C36H56N4O7S. The van der Waals surface area contributed by atoms with Gasteiger partial charge in [-0.25, -0.2) is 9.78 Å². The summed E-state index contributed by atoms with van der Waals surface area (Å²) >= 11 is 1.45. The molecule has 3 unspecified atom stereocenters. The maximum absolute atomic E-state index is 12.7. The molecule has 1 heterocycles. The number of methoxy groups -OCH3 is 1. The molecule has 1 saturated carbocycles. The van der Waals surface area contributed by atoms with Crippen LogP contribution in [0.1, 0.15) is 133 Å². The van der Waals surface area contributed by atoms with Gasteiger partial charge in [0.2, 0.25) is 0 Å². The topological polar surface area (TPSA) is 144 Å². The highest BCUT2D eigenvalue weighted by molar-refractivity contribution is 7.09. The molecular weight excluding hydrogens is 632 g/mol. The highest BCUT2D eigenvalue weighted by atomic mass is 32.1. The van der Waals surface area contributed by atoms with E-state index in [0.29, 0.717) is 24.5 Å². The zero-order valence-electron chi connectivity index (χ0n) is 29.8. The molecule has 3 atom stereocenters. The van der Waals surface area contributed by atoms with Gasteiger partial charge in [-0.1, -0.05) is 45.3 Å². The fourth-order valence-corrected chi connectivity index (χ4v) is 6.61. The average Bonchev–Trinajstić information content (AvgIpc) is 3.50. The lowest BCUT2D eigenvalue weighted by atomic mass is 9.83. The first-order valence-corrected chi connectivity index (χ1v) is 18.0. The Morgan fingerprint density at radius 1 is 0.979 bits per heavy atom. The summed E-state index contributed by atoms with van der Waals surface area (Å²) in [5.41, 5.74) is -0.772. The molecule has 1 aromatic rings. The number of ketones is 1. The predicted octanol–water partition coefficient (Wildman–Crippen LogP) is 6.21.